The lowest BCUT2D eigenvalue weighted by Gasteiger charge is -2.25. The molecule has 0 aliphatic heterocycles. The van der Waals surface area contributed by atoms with Crippen molar-refractivity contribution in [3.63, 3.8) is 0 Å². The number of carboxylic acids is 1. The number of rotatable bonds is 7. The number of carbonyl (C=O) groups is 2. The van der Waals surface area contributed by atoms with Gasteiger partial charge in [-0.1, -0.05) is 43.1 Å². The number of carbonyl (C=O) groups excluding carboxylic acids is 1. The summed E-state index contributed by atoms with van der Waals surface area (Å²) in [5, 5.41) is 19.1. The van der Waals surface area contributed by atoms with Crippen LogP contribution in [0.25, 0.3) is 0 Å². The average molecular weight is 360 g/mol. The second-order valence-corrected chi connectivity index (χ2v) is 8.48. The van der Waals surface area contributed by atoms with Crippen molar-refractivity contribution in [2.45, 2.75) is 76.7 Å². The zero-order valence-corrected chi connectivity index (χ0v) is 15.6. The first-order valence-electron chi connectivity index (χ1n) is 10.3. The number of fused-ring (bicyclic) bond motifs is 1. The van der Waals surface area contributed by atoms with Gasteiger partial charge in [-0.25, -0.2) is 4.79 Å². The third-order valence-corrected chi connectivity index (χ3v) is 6.78. The molecule has 3 fully saturated rings. The van der Waals surface area contributed by atoms with Crippen molar-refractivity contribution in [3.8, 4) is 0 Å². The molecule has 0 radical (unpaired) electrons. The summed E-state index contributed by atoms with van der Waals surface area (Å²) in [5.74, 6) is 0.364. The first-order chi connectivity index (χ1) is 12.5. The summed E-state index contributed by atoms with van der Waals surface area (Å²) in [6.07, 6.45) is 17.6. The number of ketones is 1. The molecule has 4 nitrogen and oxygen atoms in total. The molecular weight excluding hydrogens is 328 g/mol. The lowest BCUT2D eigenvalue weighted by Crippen LogP contribution is -2.21. The van der Waals surface area contributed by atoms with Crippen LogP contribution in [0.5, 0.6) is 0 Å². The van der Waals surface area contributed by atoms with Gasteiger partial charge in [0.25, 0.3) is 0 Å². The van der Waals surface area contributed by atoms with Crippen molar-refractivity contribution in [2.24, 2.45) is 23.7 Å². The molecule has 0 aromatic heterocycles. The van der Waals surface area contributed by atoms with Crippen LogP contribution in [0.2, 0.25) is 0 Å². The summed E-state index contributed by atoms with van der Waals surface area (Å²) >= 11 is 0. The molecule has 0 heterocycles. The Balaban J connectivity index is 1.49. The molecule has 0 aromatic rings. The summed E-state index contributed by atoms with van der Waals surface area (Å²) < 4.78 is 0. The van der Waals surface area contributed by atoms with Gasteiger partial charge in [0.15, 0.2) is 0 Å². The minimum Gasteiger partial charge on any atom is -0.476 e. The van der Waals surface area contributed by atoms with Crippen molar-refractivity contribution in [1.82, 2.24) is 0 Å². The second-order valence-electron chi connectivity index (χ2n) is 8.48. The summed E-state index contributed by atoms with van der Waals surface area (Å²) in [6.45, 7) is 0. The fraction of sp³-hybridized carbons (Fsp3) is 0.727. The topological polar surface area (TPSA) is 74.6 Å². The molecule has 0 spiro atoms. The predicted octanol–water partition coefficient (Wildman–Crippen LogP) is 4.28. The van der Waals surface area contributed by atoms with Gasteiger partial charge in [0.2, 0.25) is 5.78 Å². The van der Waals surface area contributed by atoms with Crippen LogP contribution in [-0.2, 0) is 9.59 Å². The maximum atomic E-state index is 11.2. The number of carboxylic acid groups (broad SMARTS) is 1. The van der Waals surface area contributed by atoms with Crippen LogP contribution in [0.4, 0.5) is 0 Å². The van der Waals surface area contributed by atoms with Crippen LogP contribution in [0.15, 0.2) is 23.8 Å². The zero-order valence-electron chi connectivity index (χ0n) is 15.6. The van der Waals surface area contributed by atoms with E-state index in [-0.39, 0.29) is 12.5 Å². The molecule has 0 amide bonds. The van der Waals surface area contributed by atoms with E-state index < -0.39 is 11.8 Å². The quantitative estimate of drug-likeness (QED) is 0.525. The molecule has 144 valence electrons. The minimum atomic E-state index is -1.33. The fourth-order valence-electron chi connectivity index (χ4n) is 5.29. The number of allylic oxidation sites excluding steroid dienone is 3. The maximum Gasteiger partial charge on any atom is 0.372 e. The van der Waals surface area contributed by atoms with Gasteiger partial charge >= 0.3 is 5.97 Å². The molecule has 0 bridgehead atoms. The van der Waals surface area contributed by atoms with Gasteiger partial charge in [-0.15, -0.1) is 0 Å². The highest BCUT2D eigenvalue weighted by molar-refractivity contribution is 6.32. The van der Waals surface area contributed by atoms with Crippen LogP contribution < -0.4 is 0 Å². The molecule has 3 saturated carbocycles. The molecule has 4 heteroatoms. The van der Waals surface area contributed by atoms with E-state index in [4.69, 9.17) is 5.11 Å². The van der Waals surface area contributed by atoms with E-state index in [9.17, 15) is 14.7 Å². The summed E-state index contributed by atoms with van der Waals surface area (Å²) in [5.41, 5.74) is 1.39. The summed E-state index contributed by atoms with van der Waals surface area (Å²) in [4.78, 5) is 21.8. The third kappa shape index (κ3) is 4.85. The van der Waals surface area contributed by atoms with E-state index in [0.29, 0.717) is 24.2 Å². The van der Waals surface area contributed by atoms with Crippen molar-refractivity contribution in [1.29, 1.82) is 0 Å². The molecule has 4 atom stereocenters. The van der Waals surface area contributed by atoms with Gasteiger partial charge in [-0.2, -0.15) is 0 Å². The minimum absolute atomic E-state index is 0.102. The summed E-state index contributed by atoms with van der Waals surface area (Å²) in [6, 6.07) is 0. The number of hydrogen-bond donors (Lipinski definition) is 2. The number of Topliss-reactive ketones (excluding diaryl/α,β-unsaturated/α-hetero) is 1. The lowest BCUT2D eigenvalue weighted by molar-refractivity contribution is -0.149. The van der Waals surface area contributed by atoms with E-state index in [0.717, 1.165) is 31.6 Å². The lowest BCUT2D eigenvalue weighted by atomic mass is 9.84. The van der Waals surface area contributed by atoms with Crippen molar-refractivity contribution in [3.05, 3.63) is 23.8 Å². The van der Waals surface area contributed by atoms with E-state index in [2.05, 4.69) is 18.2 Å². The smallest absolute Gasteiger partial charge is 0.372 e. The number of aliphatic hydroxyl groups excluding tert-OH is 1. The van der Waals surface area contributed by atoms with Crippen LogP contribution in [0.3, 0.4) is 0 Å². The average Bonchev–Trinajstić information content (AvgIpc) is 3.20. The molecule has 3 aliphatic carbocycles. The van der Waals surface area contributed by atoms with E-state index in [1.807, 2.05) is 0 Å². The fourth-order valence-corrected chi connectivity index (χ4v) is 5.29. The Bertz CT molecular complexity index is 571. The molecule has 0 unspecified atom stereocenters. The second kappa shape index (κ2) is 8.98. The summed E-state index contributed by atoms with van der Waals surface area (Å²) in [7, 11) is 0. The Labute approximate surface area is 156 Å². The molecule has 2 N–H and O–H groups in total. The van der Waals surface area contributed by atoms with Crippen LogP contribution in [0.1, 0.15) is 70.6 Å². The Morgan fingerprint density at radius 1 is 1.08 bits per heavy atom. The third-order valence-electron chi connectivity index (χ3n) is 6.78. The molecule has 26 heavy (non-hydrogen) atoms. The highest BCUT2D eigenvalue weighted by Crippen LogP contribution is 2.50. The van der Waals surface area contributed by atoms with Crippen LogP contribution in [0, 0.1) is 23.7 Å². The van der Waals surface area contributed by atoms with Gasteiger partial charge in [0.05, 0.1) is 6.10 Å². The van der Waals surface area contributed by atoms with Crippen molar-refractivity contribution in [2.75, 3.05) is 0 Å². The number of aliphatic carboxylic acids is 1. The largest absolute Gasteiger partial charge is 0.476 e. The van der Waals surface area contributed by atoms with Gasteiger partial charge in [0.1, 0.15) is 0 Å². The van der Waals surface area contributed by atoms with E-state index in [1.165, 1.54) is 37.7 Å². The van der Waals surface area contributed by atoms with Gasteiger partial charge in [0, 0.05) is 6.42 Å². The number of hydrogen-bond acceptors (Lipinski definition) is 3. The highest BCUT2D eigenvalue weighted by Gasteiger charge is 2.39. The van der Waals surface area contributed by atoms with Crippen molar-refractivity contribution >= 4 is 11.8 Å². The highest BCUT2D eigenvalue weighted by atomic mass is 16.4. The predicted molar refractivity (Wildman–Crippen MR) is 101 cm³/mol. The molecular formula is C22H32O4. The monoisotopic (exact) mass is 360 g/mol. The normalized spacial score (nSPS) is 32.2. The molecule has 3 rings (SSSR count). The Morgan fingerprint density at radius 2 is 1.85 bits per heavy atom. The zero-order chi connectivity index (χ0) is 18.5. The maximum absolute atomic E-state index is 11.2. The van der Waals surface area contributed by atoms with Gasteiger partial charge in [-0.3, -0.25) is 4.79 Å². The van der Waals surface area contributed by atoms with E-state index in [1.54, 1.807) is 0 Å². The van der Waals surface area contributed by atoms with Crippen LogP contribution in [-0.4, -0.2) is 28.1 Å². The standard InChI is InChI=1S/C22H32O4/c23-20(17-6-2-1-3-7-17)12-11-16-9-10-18-13-15(14-19(16)18)5-4-8-21(24)22(25)26/h5,11-12,16-20,23H,1-4,6-10,13-14H2,(H,25,26)/b12-11+,15-5?/t16-,18+,19-,20-/m1/s1. The SMILES string of the molecule is O=C(O)C(=O)CCC=C1C[C@@H]2CC[C@H](/C=C/[C@@H](O)C3CCCCC3)[C@H]2C1. The van der Waals surface area contributed by atoms with Crippen molar-refractivity contribution < 1.29 is 19.8 Å². The Morgan fingerprint density at radius 3 is 2.58 bits per heavy atom. The van der Waals surface area contributed by atoms with Gasteiger partial charge < -0.3 is 10.2 Å². The van der Waals surface area contributed by atoms with Crippen LogP contribution >= 0.6 is 0 Å². The van der Waals surface area contributed by atoms with Gasteiger partial charge in [-0.05, 0) is 68.6 Å². The molecule has 3 aliphatic rings. The first kappa shape index (κ1) is 19.3. The van der Waals surface area contributed by atoms with E-state index >= 15 is 0 Å². The molecule has 0 aromatic carbocycles. The molecule has 0 saturated heterocycles. The number of aliphatic hydroxyl groups is 1. The Kier molecular flexibility index (Phi) is 6.68. The first-order valence-corrected chi connectivity index (χ1v) is 10.3. The Hall–Kier alpha value is -1.42.